The third-order valence-electron chi connectivity index (χ3n) is 0.949. The lowest BCUT2D eigenvalue weighted by Crippen LogP contribution is -1.98. The van der Waals surface area contributed by atoms with Gasteiger partial charge in [0.2, 0.25) is 0 Å². The molecule has 0 aliphatic heterocycles. The molecule has 0 aromatic rings. The van der Waals surface area contributed by atoms with E-state index in [-0.39, 0.29) is 12.2 Å². The van der Waals surface area contributed by atoms with Crippen molar-refractivity contribution < 1.29 is 14.7 Å². The van der Waals surface area contributed by atoms with Crippen LogP contribution < -0.4 is 0 Å². The van der Waals surface area contributed by atoms with Crippen LogP contribution in [-0.2, 0) is 9.59 Å². The summed E-state index contributed by atoms with van der Waals surface area (Å²) in [5, 5.41) is 8.23. The van der Waals surface area contributed by atoms with Gasteiger partial charge in [-0.25, -0.2) is 0 Å². The largest absolute Gasteiger partial charge is 0.481 e. The molecule has 0 heterocycles. The van der Waals surface area contributed by atoms with E-state index in [1.807, 2.05) is 0 Å². The molecule has 0 unspecified atom stereocenters. The first-order chi connectivity index (χ1) is 5.13. The van der Waals surface area contributed by atoms with Crippen molar-refractivity contribution in [2.45, 2.75) is 13.3 Å². The molecule has 0 spiro atoms. The average Bonchev–Trinajstić information content (AvgIpc) is 1.85. The van der Waals surface area contributed by atoms with E-state index in [1.165, 1.54) is 18.7 Å². The Balaban J connectivity index is 3.03. The zero-order valence-electron chi connectivity index (χ0n) is 6.37. The van der Waals surface area contributed by atoms with Crippen LogP contribution in [0.1, 0.15) is 13.3 Å². The molecule has 3 nitrogen and oxygen atoms in total. The lowest BCUT2D eigenvalue weighted by molar-refractivity contribution is -0.136. The van der Waals surface area contributed by atoms with E-state index in [0.29, 0.717) is 11.5 Å². The van der Waals surface area contributed by atoms with E-state index in [0.717, 1.165) is 0 Å². The second-order valence-electron chi connectivity index (χ2n) is 2.03. The highest BCUT2D eigenvalue weighted by molar-refractivity contribution is 7.99. The predicted molar refractivity (Wildman–Crippen MR) is 44.6 cm³/mol. The van der Waals surface area contributed by atoms with Crippen molar-refractivity contribution >= 4 is 23.5 Å². The summed E-state index contributed by atoms with van der Waals surface area (Å²) in [4.78, 5) is 20.4. The van der Waals surface area contributed by atoms with E-state index < -0.39 is 5.97 Å². The number of Topliss-reactive ketones (excluding diaryl/α,β-unsaturated/α-hetero) is 1. The van der Waals surface area contributed by atoms with Crippen molar-refractivity contribution in [1.82, 2.24) is 0 Å². The number of carboxylic acid groups (broad SMARTS) is 1. The number of aliphatic carboxylic acids is 1. The first-order valence-electron chi connectivity index (χ1n) is 3.26. The molecular weight excluding hydrogens is 164 g/mol. The highest BCUT2D eigenvalue weighted by Crippen LogP contribution is 2.03. The van der Waals surface area contributed by atoms with Gasteiger partial charge in [0.25, 0.3) is 0 Å². The van der Waals surface area contributed by atoms with E-state index in [9.17, 15) is 9.59 Å². The van der Waals surface area contributed by atoms with Gasteiger partial charge in [-0.2, -0.15) is 11.8 Å². The molecule has 0 rings (SSSR count). The summed E-state index contributed by atoms with van der Waals surface area (Å²) in [6.45, 7) is 1.48. The van der Waals surface area contributed by atoms with Crippen molar-refractivity contribution in [3.8, 4) is 0 Å². The fourth-order valence-corrected chi connectivity index (χ4v) is 1.26. The molecule has 0 saturated heterocycles. The summed E-state index contributed by atoms with van der Waals surface area (Å²) in [6, 6.07) is 0. The first-order valence-corrected chi connectivity index (χ1v) is 4.41. The number of rotatable bonds is 6. The molecule has 63 valence electrons. The van der Waals surface area contributed by atoms with Crippen molar-refractivity contribution in [3.63, 3.8) is 0 Å². The zero-order valence-corrected chi connectivity index (χ0v) is 7.19. The predicted octanol–water partition coefficient (Wildman–Crippen LogP) is 0.988. The van der Waals surface area contributed by atoms with E-state index in [4.69, 9.17) is 5.11 Å². The van der Waals surface area contributed by atoms with Crippen LogP contribution in [0, 0.1) is 6.42 Å². The van der Waals surface area contributed by atoms with Gasteiger partial charge in [0.15, 0.2) is 0 Å². The first kappa shape index (κ1) is 10.5. The lowest BCUT2D eigenvalue weighted by Gasteiger charge is -1.95. The average molecular weight is 175 g/mol. The van der Waals surface area contributed by atoms with Gasteiger partial charge in [0.1, 0.15) is 5.78 Å². The zero-order chi connectivity index (χ0) is 8.69. The number of carbonyl (C=O) groups excluding carboxylic acids is 1. The Kier molecular flexibility index (Phi) is 5.93. The quantitative estimate of drug-likeness (QED) is 0.611. The second kappa shape index (κ2) is 6.22. The maximum absolute atomic E-state index is 10.4. The summed E-state index contributed by atoms with van der Waals surface area (Å²) in [5.41, 5.74) is 0. The summed E-state index contributed by atoms with van der Waals surface area (Å²) in [5.74, 6) is 0.426. The summed E-state index contributed by atoms with van der Waals surface area (Å²) < 4.78 is 0. The summed E-state index contributed by atoms with van der Waals surface area (Å²) in [7, 11) is 0. The monoisotopic (exact) mass is 175 g/mol. The van der Waals surface area contributed by atoms with Crippen LogP contribution in [0.5, 0.6) is 0 Å². The summed E-state index contributed by atoms with van der Waals surface area (Å²) >= 11 is 1.45. The fraction of sp³-hybridized carbons (Fsp3) is 0.571. The minimum atomic E-state index is -0.791. The number of hydrogen-bond donors (Lipinski definition) is 1. The van der Waals surface area contributed by atoms with Gasteiger partial charge in [0, 0.05) is 17.9 Å². The third-order valence-corrected chi connectivity index (χ3v) is 1.84. The van der Waals surface area contributed by atoms with Crippen molar-refractivity contribution in [3.05, 3.63) is 6.42 Å². The van der Waals surface area contributed by atoms with E-state index in [1.54, 1.807) is 6.42 Å². The Labute approximate surface area is 70.2 Å². The molecule has 0 aliphatic carbocycles. The van der Waals surface area contributed by atoms with Gasteiger partial charge >= 0.3 is 5.97 Å². The molecular formula is C7H11O3S. The Bertz CT molecular complexity index is 129. The molecule has 0 aromatic heterocycles. The minimum Gasteiger partial charge on any atom is -0.481 e. The van der Waals surface area contributed by atoms with Gasteiger partial charge < -0.3 is 5.11 Å². The van der Waals surface area contributed by atoms with Gasteiger partial charge in [0.05, 0.1) is 6.42 Å². The molecule has 0 aliphatic rings. The van der Waals surface area contributed by atoms with Crippen LogP contribution in [-0.4, -0.2) is 28.4 Å². The standard InChI is InChI=1S/C7H11O3S/c1-6(8)2-4-11-5-3-7(9)10/h2H,3-5H2,1H3,(H,9,10). The lowest BCUT2D eigenvalue weighted by atomic mass is 10.4. The Morgan fingerprint density at radius 3 is 2.64 bits per heavy atom. The Morgan fingerprint density at radius 2 is 2.18 bits per heavy atom. The van der Waals surface area contributed by atoms with Crippen LogP contribution >= 0.6 is 11.8 Å². The van der Waals surface area contributed by atoms with Crippen molar-refractivity contribution in [2.75, 3.05) is 11.5 Å². The number of hydrogen-bond acceptors (Lipinski definition) is 3. The van der Waals surface area contributed by atoms with Crippen LogP contribution in [0.25, 0.3) is 0 Å². The van der Waals surface area contributed by atoms with Crippen molar-refractivity contribution in [1.29, 1.82) is 0 Å². The fourth-order valence-electron chi connectivity index (χ4n) is 0.419. The van der Waals surface area contributed by atoms with Gasteiger partial charge in [-0.05, 0) is 6.92 Å². The molecule has 0 aromatic carbocycles. The second-order valence-corrected chi connectivity index (χ2v) is 3.18. The third kappa shape index (κ3) is 9.49. The van der Waals surface area contributed by atoms with Crippen LogP contribution in [0.3, 0.4) is 0 Å². The van der Waals surface area contributed by atoms with Crippen LogP contribution in [0.4, 0.5) is 0 Å². The highest BCUT2D eigenvalue weighted by Gasteiger charge is 1.97. The number of ketones is 1. The molecule has 1 radical (unpaired) electrons. The Hall–Kier alpha value is -0.510. The smallest absolute Gasteiger partial charge is 0.304 e. The molecule has 0 fully saturated rings. The minimum absolute atomic E-state index is 0.0350. The number of carbonyl (C=O) groups is 2. The SMILES string of the molecule is CC(=O)[CH]CSCCC(=O)O. The van der Waals surface area contributed by atoms with Crippen LogP contribution in [0.15, 0.2) is 0 Å². The van der Waals surface area contributed by atoms with Gasteiger partial charge in [-0.1, -0.05) is 0 Å². The summed E-state index contributed by atoms with van der Waals surface area (Å²) in [6.07, 6.45) is 1.71. The number of thioether (sulfide) groups is 1. The van der Waals surface area contributed by atoms with Gasteiger partial charge in [-0.3, -0.25) is 9.59 Å². The number of carboxylic acids is 1. The topological polar surface area (TPSA) is 54.4 Å². The van der Waals surface area contributed by atoms with Gasteiger partial charge in [-0.15, -0.1) is 0 Å². The molecule has 0 saturated carbocycles. The van der Waals surface area contributed by atoms with E-state index >= 15 is 0 Å². The van der Waals surface area contributed by atoms with Crippen molar-refractivity contribution in [2.24, 2.45) is 0 Å². The molecule has 4 heteroatoms. The Morgan fingerprint density at radius 1 is 1.55 bits per heavy atom. The highest BCUT2D eigenvalue weighted by atomic mass is 32.2. The molecule has 0 amide bonds. The maximum atomic E-state index is 10.4. The van der Waals surface area contributed by atoms with Crippen LogP contribution in [0.2, 0.25) is 0 Å². The molecule has 11 heavy (non-hydrogen) atoms. The molecule has 0 bridgehead atoms. The van der Waals surface area contributed by atoms with E-state index in [2.05, 4.69) is 0 Å². The molecule has 0 atom stereocenters. The molecule has 1 N–H and O–H groups in total. The maximum Gasteiger partial charge on any atom is 0.304 e. The normalized spacial score (nSPS) is 9.55.